The Balaban J connectivity index is 2.96. The van der Waals surface area contributed by atoms with Gasteiger partial charge in [0.1, 0.15) is 0 Å². The molecule has 1 atom stereocenters. The second-order valence-electron chi connectivity index (χ2n) is 2.96. The topological polar surface area (TPSA) is 78.1 Å². The van der Waals surface area contributed by atoms with Gasteiger partial charge in [0.25, 0.3) is 0 Å². The first-order valence-corrected chi connectivity index (χ1v) is 3.97. The average molecular weight is 165 g/mol. The second kappa shape index (κ2) is 3.56. The molecule has 0 radical (unpaired) electrons. The number of nitrogens with two attached hydrogens (primary N) is 3. The van der Waals surface area contributed by atoms with Gasteiger partial charge in [0.15, 0.2) is 0 Å². The molecule has 6 N–H and O–H groups in total. The molecule has 3 nitrogen and oxygen atoms in total. The van der Waals surface area contributed by atoms with E-state index in [1.165, 1.54) is 0 Å². The molecule has 0 bridgehead atoms. The first kappa shape index (κ1) is 9.03. The van der Waals surface area contributed by atoms with Gasteiger partial charge in [-0.15, -0.1) is 0 Å². The van der Waals surface area contributed by atoms with Gasteiger partial charge in [-0.2, -0.15) is 0 Å². The van der Waals surface area contributed by atoms with Crippen LogP contribution in [0.15, 0.2) is 18.2 Å². The van der Waals surface area contributed by atoms with Crippen molar-refractivity contribution in [2.24, 2.45) is 11.5 Å². The van der Waals surface area contributed by atoms with Gasteiger partial charge in [-0.1, -0.05) is 12.1 Å². The molecule has 66 valence electrons. The molecular weight excluding hydrogens is 150 g/mol. The molecule has 0 aromatic heterocycles. The number of hydrogen-bond acceptors (Lipinski definition) is 3. The Morgan fingerprint density at radius 3 is 2.58 bits per heavy atom. The SMILES string of the molecule is Cc1ccc([C@@H](N)CN)cc1N. The Morgan fingerprint density at radius 2 is 2.08 bits per heavy atom. The monoisotopic (exact) mass is 165 g/mol. The Kier molecular flexibility index (Phi) is 2.68. The molecule has 0 aliphatic carbocycles. The summed E-state index contributed by atoms with van der Waals surface area (Å²) in [5, 5.41) is 0. The van der Waals surface area contributed by atoms with Gasteiger partial charge in [0.2, 0.25) is 0 Å². The Labute approximate surface area is 72.5 Å². The minimum absolute atomic E-state index is 0.104. The van der Waals surface area contributed by atoms with E-state index in [2.05, 4.69) is 0 Å². The number of rotatable bonds is 2. The third kappa shape index (κ3) is 1.75. The summed E-state index contributed by atoms with van der Waals surface area (Å²) in [6.45, 7) is 2.41. The molecule has 1 aromatic rings. The van der Waals surface area contributed by atoms with E-state index < -0.39 is 0 Å². The highest BCUT2D eigenvalue weighted by Crippen LogP contribution is 2.16. The highest BCUT2D eigenvalue weighted by atomic mass is 14.7. The van der Waals surface area contributed by atoms with Crippen molar-refractivity contribution in [1.82, 2.24) is 0 Å². The van der Waals surface area contributed by atoms with Crippen LogP contribution in [-0.2, 0) is 0 Å². The molecule has 0 aliphatic heterocycles. The third-order valence-corrected chi connectivity index (χ3v) is 1.99. The van der Waals surface area contributed by atoms with Crippen LogP contribution in [0.25, 0.3) is 0 Å². The summed E-state index contributed by atoms with van der Waals surface area (Å²) in [7, 11) is 0. The summed E-state index contributed by atoms with van der Waals surface area (Å²) in [6.07, 6.45) is 0. The molecule has 0 unspecified atom stereocenters. The van der Waals surface area contributed by atoms with Crippen LogP contribution < -0.4 is 17.2 Å². The minimum Gasteiger partial charge on any atom is -0.399 e. The van der Waals surface area contributed by atoms with Gasteiger partial charge in [0.05, 0.1) is 0 Å². The lowest BCUT2D eigenvalue weighted by Gasteiger charge is -2.10. The summed E-state index contributed by atoms with van der Waals surface area (Å²) in [5.74, 6) is 0. The number of nitrogen functional groups attached to an aromatic ring is 1. The first-order chi connectivity index (χ1) is 5.65. The summed E-state index contributed by atoms with van der Waals surface area (Å²) < 4.78 is 0. The van der Waals surface area contributed by atoms with E-state index in [0.29, 0.717) is 6.54 Å². The number of hydrogen-bond donors (Lipinski definition) is 3. The second-order valence-corrected chi connectivity index (χ2v) is 2.96. The van der Waals surface area contributed by atoms with Gasteiger partial charge in [-0.05, 0) is 24.1 Å². The smallest absolute Gasteiger partial charge is 0.0420 e. The molecule has 0 heterocycles. The molecular formula is C9H15N3. The first-order valence-electron chi connectivity index (χ1n) is 3.97. The van der Waals surface area contributed by atoms with Crippen LogP contribution in [0.3, 0.4) is 0 Å². The maximum atomic E-state index is 5.73. The third-order valence-electron chi connectivity index (χ3n) is 1.99. The maximum Gasteiger partial charge on any atom is 0.0420 e. The quantitative estimate of drug-likeness (QED) is 0.559. The average Bonchev–Trinajstić information content (AvgIpc) is 2.08. The van der Waals surface area contributed by atoms with Gasteiger partial charge in [-0.25, -0.2) is 0 Å². The van der Waals surface area contributed by atoms with Crippen LogP contribution >= 0.6 is 0 Å². The van der Waals surface area contributed by atoms with Crippen molar-refractivity contribution in [3.05, 3.63) is 29.3 Å². The van der Waals surface area contributed by atoms with Crippen LogP contribution in [0.4, 0.5) is 5.69 Å². The number of aryl methyl sites for hydroxylation is 1. The number of anilines is 1. The lowest BCUT2D eigenvalue weighted by molar-refractivity contribution is 0.737. The highest BCUT2D eigenvalue weighted by molar-refractivity contribution is 5.48. The van der Waals surface area contributed by atoms with Crippen molar-refractivity contribution in [3.8, 4) is 0 Å². The fourth-order valence-corrected chi connectivity index (χ4v) is 1.03. The normalized spacial score (nSPS) is 12.9. The minimum atomic E-state index is -0.104. The Morgan fingerprint density at radius 1 is 1.42 bits per heavy atom. The molecule has 12 heavy (non-hydrogen) atoms. The zero-order valence-electron chi connectivity index (χ0n) is 7.25. The molecule has 0 spiro atoms. The van der Waals surface area contributed by atoms with E-state index in [9.17, 15) is 0 Å². The van der Waals surface area contributed by atoms with Crippen molar-refractivity contribution in [1.29, 1.82) is 0 Å². The maximum absolute atomic E-state index is 5.73. The van der Waals surface area contributed by atoms with E-state index >= 15 is 0 Å². The summed E-state index contributed by atoms with van der Waals surface area (Å²) >= 11 is 0. The number of benzene rings is 1. The zero-order chi connectivity index (χ0) is 9.14. The largest absolute Gasteiger partial charge is 0.399 e. The molecule has 1 aromatic carbocycles. The molecule has 3 heteroatoms. The van der Waals surface area contributed by atoms with Crippen LogP contribution in [-0.4, -0.2) is 6.54 Å². The van der Waals surface area contributed by atoms with E-state index in [1.807, 2.05) is 25.1 Å². The van der Waals surface area contributed by atoms with Crippen LogP contribution in [0.2, 0.25) is 0 Å². The standard InChI is InChI=1S/C9H15N3/c1-6-2-3-7(4-8(6)11)9(12)5-10/h2-4,9H,5,10-12H2,1H3/t9-/m0/s1. The fourth-order valence-electron chi connectivity index (χ4n) is 1.03. The molecule has 0 saturated carbocycles. The molecule has 1 rings (SSSR count). The fraction of sp³-hybridized carbons (Fsp3) is 0.333. The molecule has 0 amide bonds. The van der Waals surface area contributed by atoms with Crippen LogP contribution in [0.1, 0.15) is 17.2 Å². The molecule has 0 fully saturated rings. The van der Waals surface area contributed by atoms with Gasteiger partial charge >= 0.3 is 0 Å². The van der Waals surface area contributed by atoms with Gasteiger partial charge in [0, 0.05) is 18.3 Å². The van der Waals surface area contributed by atoms with Gasteiger partial charge in [-0.3, -0.25) is 0 Å². The Bertz CT molecular complexity index is 270. The van der Waals surface area contributed by atoms with E-state index in [1.54, 1.807) is 0 Å². The summed E-state index contributed by atoms with van der Waals surface area (Å²) in [6, 6.07) is 5.70. The predicted molar refractivity (Wildman–Crippen MR) is 51.6 cm³/mol. The van der Waals surface area contributed by atoms with Crippen molar-refractivity contribution >= 4 is 5.69 Å². The lowest BCUT2D eigenvalue weighted by Crippen LogP contribution is -2.20. The molecule has 0 saturated heterocycles. The van der Waals surface area contributed by atoms with E-state index in [0.717, 1.165) is 16.8 Å². The van der Waals surface area contributed by atoms with E-state index in [4.69, 9.17) is 17.2 Å². The van der Waals surface area contributed by atoms with Crippen molar-refractivity contribution in [2.75, 3.05) is 12.3 Å². The highest BCUT2D eigenvalue weighted by Gasteiger charge is 2.03. The van der Waals surface area contributed by atoms with Crippen LogP contribution in [0.5, 0.6) is 0 Å². The summed E-state index contributed by atoms with van der Waals surface area (Å²) in [4.78, 5) is 0. The van der Waals surface area contributed by atoms with Crippen molar-refractivity contribution in [2.45, 2.75) is 13.0 Å². The van der Waals surface area contributed by atoms with Crippen molar-refractivity contribution in [3.63, 3.8) is 0 Å². The summed E-state index contributed by atoms with van der Waals surface area (Å²) in [5.41, 5.74) is 19.7. The predicted octanol–water partition coefficient (Wildman–Crippen LogP) is 0.536. The zero-order valence-corrected chi connectivity index (χ0v) is 7.25. The van der Waals surface area contributed by atoms with Gasteiger partial charge < -0.3 is 17.2 Å². The van der Waals surface area contributed by atoms with Crippen LogP contribution in [0, 0.1) is 6.92 Å². The Hall–Kier alpha value is -1.06. The van der Waals surface area contributed by atoms with Crippen molar-refractivity contribution < 1.29 is 0 Å². The molecule has 0 aliphatic rings. The lowest BCUT2D eigenvalue weighted by atomic mass is 10.0. The van der Waals surface area contributed by atoms with E-state index in [-0.39, 0.29) is 6.04 Å².